The molecule has 3 aromatic rings. The molecule has 3 nitrogen and oxygen atoms in total. The third-order valence-corrected chi connectivity index (χ3v) is 4.47. The Balaban J connectivity index is 1.53. The number of rotatable bonds is 6. The Morgan fingerprint density at radius 2 is 1.19 bits per heavy atom. The fraction of sp³-hybridized carbons (Fsp3) is 0.0500. The summed E-state index contributed by atoms with van der Waals surface area (Å²) >= 11 is 5.81. The molecule has 0 aliphatic rings. The standard InChI is InChI=1S/C20H17F2N3S2/c21-19(22)27-18-12-10-17(11-13-18)25-20(26)24-16-8-6-15(7-9-16)23-14-4-2-1-3-5-14/h1-13,19,23H,(H2,24,25,26). The highest BCUT2D eigenvalue weighted by molar-refractivity contribution is 7.99. The van der Waals surface area contributed by atoms with Crippen molar-refractivity contribution in [2.24, 2.45) is 0 Å². The minimum absolute atomic E-state index is 0.424. The quantitative estimate of drug-likeness (QED) is 0.322. The van der Waals surface area contributed by atoms with Crippen LogP contribution < -0.4 is 16.0 Å². The first kappa shape index (κ1) is 19.1. The molecule has 0 aliphatic heterocycles. The minimum Gasteiger partial charge on any atom is -0.356 e. The molecule has 27 heavy (non-hydrogen) atoms. The molecule has 0 atom stereocenters. The van der Waals surface area contributed by atoms with Crippen LogP contribution in [0.25, 0.3) is 0 Å². The van der Waals surface area contributed by atoms with Gasteiger partial charge in [0, 0.05) is 27.6 Å². The first-order chi connectivity index (χ1) is 13.1. The number of thiocarbonyl (C=S) groups is 1. The normalized spacial score (nSPS) is 10.5. The van der Waals surface area contributed by atoms with Gasteiger partial charge in [-0.2, -0.15) is 8.78 Å². The van der Waals surface area contributed by atoms with Crippen LogP contribution in [0.5, 0.6) is 0 Å². The maximum Gasteiger partial charge on any atom is 0.288 e. The molecule has 0 bridgehead atoms. The van der Waals surface area contributed by atoms with Crippen molar-refractivity contribution in [3.63, 3.8) is 0 Å². The summed E-state index contributed by atoms with van der Waals surface area (Å²) in [6.45, 7) is 0. The SMILES string of the molecule is FC(F)Sc1ccc(NC(=S)Nc2ccc(Nc3ccccc3)cc2)cc1. The van der Waals surface area contributed by atoms with Crippen molar-refractivity contribution >= 4 is 51.8 Å². The smallest absolute Gasteiger partial charge is 0.288 e. The van der Waals surface area contributed by atoms with Gasteiger partial charge in [0.2, 0.25) is 0 Å². The summed E-state index contributed by atoms with van der Waals surface area (Å²) in [5.74, 6) is -2.43. The van der Waals surface area contributed by atoms with Gasteiger partial charge in [0.05, 0.1) is 0 Å². The topological polar surface area (TPSA) is 36.1 Å². The molecule has 0 aliphatic carbocycles. The molecule has 0 spiro atoms. The molecule has 0 saturated carbocycles. The van der Waals surface area contributed by atoms with E-state index in [1.165, 1.54) is 0 Å². The van der Waals surface area contributed by atoms with Crippen molar-refractivity contribution in [3.05, 3.63) is 78.9 Å². The predicted molar refractivity (Wildman–Crippen MR) is 114 cm³/mol. The average molecular weight is 402 g/mol. The number of hydrogen-bond acceptors (Lipinski definition) is 3. The van der Waals surface area contributed by atoms with E-state index in [0.29, 0.717) is 21.8 Å². The molecule has 3 aromatic carbocycles. The van der Waals surface area contributed by atoms with Crippen molar-refractivity contribution < 1.29 is 8.78 Å². The number of anilines is 4. The molecule has 0 saturated heterocycles. The molecule has 0 fully saturated rings. The fourth-order valence-corrected chi connectivity index (χ4v) is 3.07. The van der Waals surface area contributed by atoms with Crippen molar-refractivity contribution in [1.29, 1.82) is 0 Å². The summed E-state index contributed by atoms with van der Waals surface area (Å²) in [7, 11) is 0. The third kappa shape index (κ3) is 6.23. The lowest BCUT2D eigenvalue weighted by Crippen LogP contribution is -2.18. The van der Waals surface area contributed by atoms with Gasteiger partial charge in [-0.1, -0.05) is 30.0 Å². The second kappa shape index (κ2) is 9.34. The molecule has 138 valence electrons. The number of thioether (sulfide) groups is 1. The van der Waals surface area contributed by atoms with Crippen molar-refractivity contribution in [3.8, 4) is 0 Å². The molecular weight excluding hydrogens is 384 g/mol. The number of hydrogen-bond donors (Lipinski definition) is 3. The zero-order valence-electron chi connectivity index (χ0n) is 14.2. The van der Waals surface area contributed by atoms with E-state index in [-0.39, 0.29) is 0 Å². The lowest BCUT2D eigenvalue weighted by Gasteiger charge is -2.12. The molecular formula is C20H17F2N3S2. The Morgan fingerprint density at radius 3 is 1.74 bits per heavy atom. The maximum atomic E-state index is 12.3. The summed E-state index contributed by atoms with van der Waals surface area (Å²) < 4.78 is 24.7. The minimum atomic E-state index is -2.43. The van der Waals surface area contributed by atoms with Crippen LogP contribution in [0.2, 0.25) is 0 Å². The Kier molecular flexibility index (Phi) is 6.62. The summed E-state index contributed by atoms with van der Waals surface area (Å²) in [6, 6.07) is 24.3. The van der Waals surface area contributed by atoms with Crippen LogP contribution in [0.15, 0.2) is 83.8 Å². The van der Waals surface area contributed by atoms with Crippen LogP contribution >= 0.6 is 24.0 Å². The van der Waals surface area contributed by atoms with Gasteiger partial charge in [-0.15, -0.1) is 0 Å². The van der Waals surface area contributed by atoms with Gasteiger partial charge < -0.3 is 16.0 Å². The van der Waals surface area contributed by atoms with Gasteiger partial charge in [0.15, 0.2) is 5.11 Å². The molecule has 7 heteroatoms. The maximum absolute atomic E-state index is 12.3. The van der Waals surface area contributed by atoms with Crippen LogP contribution in [-0.4, -0.2) is 10.9 Å². The van der Waals surface area contributed by atoms with E-state index in [1.807, 2.05) is 54.6 Å². The monoisotopic (exact) mass is 401 g/mol. The average Bonchev–Trinajstić information content (AvgIpc) is 2.65. The number of benzene rings is 3. The van der Waals surface area contributed by atoms with Crippen molar-refractivity contribution in [2.75, 3.05) is 16.0 Å². The first-order valence-electron chi connectivity index (χ1n) is 8.13. The van der Waals surface area contributed by atoms with Crippen LogP contribution in [-0.2, 0) is 0 Å². The molecule has 0 radical (unpaired) electrons. The van der Waals surface area contributed by atoms with Crippen molar-refractivity contribution in [2.45, 2.75) is 10.7 Å². The van der Waals surface area contributed by atoms with E-state index in [4.69, 9.17) is 12.2 Å². The fourth-order valence-electron chi connectivity index (χ4n) is 2.34. The first-order valence-corrected chi connectivity index (χ1v) is 9.42. The van der Waals surface area contributed by atoms with E-state index in [9.17, 15) is 8.78 Å². The molecule has 0 amide bonds. The van der Waals surface area contributed by atoms with Gasteiger partial charge in [0.25, 0.3) is 5.76 Å². The Bertz CT molecular complexity index is 870. The van der Waals surface area contributed by atoms with Gasteiger partial charge in [-0.05, 0) is 72.9 Å². The predicted octanol–water partition coefficient (Wildman–Crippen LogP) is 6.55. The van der Waals surface area contributed by atoms with Crippen LogP contribution in [0.3, 0.4) is 0 Å². The Labute approximate surface area is 166 Å². The number of para-hydroxylation sites is 1. The van der Waals surface area contributed by atoms with Gasteiger partial charge in [-0.25, -0.2) is 0 Å². The molecule has 0 heterocycles. The second-order valence-electron chi connectivity index (χ2n) is 5.55. The summed E-state index contributed by atoms with van der Waals surface area (Å²) in [5, 5.41) is 9.86. The van der Waals surface area contributed by atoms with Crippen LogP contribution in [0, 0.1) is 0 Å². The lowest BCUT2D eigenvalue weighted by molar-refractivity contribution is 0.252. The molecule has 0 aromatic heterocycles. The summed E-state index contributed by atoms with van der Waals surface area (Å²) in [6.07, 6.45) is 0. The van der Waals surface area contributed by atoms with Gasteiger partial charge in [-0.3, -0.25) is 0 Å². The summed E-state index contributed by atoms with van der Waals surface area (Å²) in [4.78, 5) is 0.510. The van der Waals surface area contributed by atoms with Crippen molar-refractivity contribution in [1.82, 2.24) is 0 Å². The number of halogens is 2. The highest BCUT2D eigenvalue weighted by Gasteiger charge is 2.05. The lowest BCUT2D eigenvalue weighted by atomic mass is 10.2. The third-order valence-electron chi connectivity index (χ3n) is 3.54. The van der Waals surface area contributed by atoms with E-state index in [2.05, 4.69) is 16.0 Å². The molecule has 3 rings (SSSR count). The van der Waals surface area contributed by atoms with E-state index < -0.39 is 5.76 Å². The summed E-state index contributed by atoms with van der Waals surface area (Å²) in [5.41, 5.74) is 3.56. The second-order valence-corrected chi connectivity index (χ2v) is 7.02. The molecule has 3 N–H and O–H groups in total. The van der Waals surface area contributed by atoms with Crippen LogP contribution in [0.1, 0.15) is 0 Å². The zero-order chi connectivity index (χ0) is 19.1. The highest BCUT2D eigenvalue weighted by Crippen LogP contribution is 2.26. The van der Waals surface area contributed by atoms with Crippen LogP contribution in [0.4, 0.5) is 31.5 Å². The van der Waals surface area contributed by atoms with E-state index in [0.717, 1.165) is 22.7 Å². The Hall–Kier alpha value is -2.64. The molecule has 0 unspecified atom stereocenters. The van der Waals surface area contributed by atoms with Gasteiger partial charge >= 0.3 is 0 Å². The number of nitrogens with one attached hydrogen (secondary N) is 3. The largest absolute Gasteiger partial charge is 0.356 e. The number of alkyl halides is 2. The van der Waals surface area contributed by atoms with Gasteiger partial charge in [0.1, 0.15) is 0 Å². The van der Waals surface area contributed by atoms with E-state index in [1.54, 1.807) is 24.3 Å². The van der Waals surface area contributed by atoms with E-state index >= 15 is 0 Å². The highest BCUT2D eigenvalue weighted by atomic mass is 32.2. The Morgan fingerprint density at radius 1 is 0.704 bits per heavy atom. The zero-order valence-corrected chi connectivity index (χ0v) is 15.8.